The van der Waals surface area contributed by atoms with Gasteiger partial charge in [0, 0.05) is 13.0 Å². The van der Waals surface area contributed by atoms with Crippen LogP contribution in [0.4, 0.5) is 0 Å². The number of hydrogen-bond donors (Lipinski definition) is 2. The van der Waals surface area contributed by atoms with Crippen molar-refractivity contribution in [3.63, 3.8) is 0 Å². The summed E-state index contributed by atoms with van der Waals surface area (Å²) < 4.78 is 5.67. The Bertz CT molecular complexity index is 308. The molecular formula is C10H18N4O. The number of aromatic amines is 1. The average molecular weight is 210 g/mol. The highest BCUT2D eigenvalue weighted by Crippen LogP contribution is 2.42. The van der Waals surface area contributed by atoms with Crippen molar-refractivity contribution in [1.29, 1.82) is 0 Å². The van der Waals surface area contributed by atoms with E-state index in [0.29, 0.717) is 19.1 Å². The van der Waals surface area contributed by atoms with Crippen LogP contribution in [-0.2, 0) is 11.2 Å². The van der Waals surface area contributed by atoms with Gasteiger partial charge >= 0.3 is 0 Å². The molecule has 1 aromatic rings. The Morgan fingerprint density at radius 2 is 2.40 bits per heavy atom. The van der Waals surface area contributed by atoms with Crippen LogP contribution in [0.5, 0.6) is 0 Å². The molecule has 0 aromatic carbocycles. The van der Waals surface area contributed by atoms with E-state index in [1.165, 1.54) is 12.8 Å². The highest BCUT2D eigenvalue weighted by atomic mass is 16.5. The van der Waals surface area contributed by atoms with Crippen LogP contribution in [0, 0.1) is 5.92 Å². The number of nitrogens with one attached hydrogen (secondary N) is 1. The summed E-state index contributed by atoms with van der Waals surface area (Å²) >= 11 is 0. The Kier molecular flexibility index (Phi) is 3.33. The van der Waals surface area contributed by atoms with Gasteiger partial charge in [0.25, 0.3) is 0 Å². The number of rotatable bonds is 6. The maximum atomic E-state index is 5.67. The molecule has 0 radical (unpaired) electrons. The van der Waals surface area contributed by atoms with Crippen molar-refractivity contribution in [2.24, 2.45) is 11.7 Å². The monoisotopic (exact) mass is 210 g/mol. The molecule has 1 unspecified atom stereocenters. The van der Waals surface area contributed by atoms with Gasteiger partial charge in [0.05, 0.1) is 0 Å². The minimum Gasteiger partial charge on any atom is -0.370 e. The molecule has 1 atom stereocenters. The fourth-order valence-electron chi connectivity index (χ4n) is 1.69. The van der Waals surface area contributed by atoms with Gasteiger partial charge in [0.1, 0.15) is 11.9 Å². The van der Waals surface area contributed by atoms with E-state index in [1.54, 1.807) is 0 Å². The molecule has 0 saturated heterocycles. The summed E-state index contributed by atoms with van der Waals surface area (Å²) in [4.78, 5) is 4.41. The van der Waals surface area contributed by atoms with Crippen molar-refractivity contribution in [1.82, 2.24) is 15.2 Å². The van der Waals surface area contributed by atoms with Crippen molar-refractivity contribution in [3.05, 3.63) is 11.6 Å². The molecule has 1 aliphatic carbocycles. The molecule has 5 nitrogen and oxygen atoms in total. The topological polar surface area (TPSA) is 76.8 Å². The fraction of sp³-hybridized carbons (Fsp3) is 0.800. The Morgan fingerprint density at radius 3 is 3.00 bits per heavy atom. The Morgan fingerprint density at radius 1 is 1.60 bits per heavy atom. The van der Waals surface area contributed by atoms with E-state index in [9.17, 15) is 0 Å². The lowest BCUT2D eigenvalue weighted by Gasteiger charge is -2.11. The SMILES string of the molecule is CCOC(c1n[nH]c(CCN)n1)C1CC1. The van der Waals surface area contributed by atoms with Gasteiger partial charge in [-0.1, -0.05) is 0 Å². The van der Waals surface area contributed by atoms with Crippen molar-refractivity contribution >= 4 is 0 Å². The van der Waals surface area contributed by atoms with E-state index in [2.05, 4.69) is 15.2 Å². The summed E-state index contributed by atoms with van der Waals surface area (Å²) in [5.41, 5.74) is 5.46. The number of nitrogens with zero attached hydrogens (tertiary/aromatic N) is 2. The van der Waals surface area contributed by atoms with Gasteiger partial charge in [-0.15, -0.1) is 0 Å². The van der Waals surface area contributed by atoms with Crippen molar-refractivity contribution in [2.45, 2.75) is 32.3 Å². The smallest absolute Gasteiger partial charge is 0.179 e. The Balaban J connectivity index is 2.04. The largest absolute Gasteiger partial charge is 0.370 e. The van der Waals surface area contributed by atoms with Crippen LogP contribution in [0.2, 0.25) is 0 Å². The maximum absolute atomic E-state index is 5.67. The average Bonchev–Trinajstić information content (AvgIpc) is 2.96. The van der Waals surface area contributed by atoms with E-state index in [-0.39, 0.29) is 6.10 Å². The summed E-state index contributed by atoms with van der Waals surface area (Å²) in [6.07, 6.45) is 3.28. The molecule has 2 rings (SSSR count). The van der Waals surface area contributed by atoms with Crippen molar-refractivity contribution in [2.75, 3.05) is 13.2 Å². The van der Waals surface area contributed by atoms with Gasteiger partial charge in [0.15, 0.2) is 5.82 Å². The highest BCUT2D eigenvalue weighted by Gasteiger charge is 2.35. The first-order valence-corrected chi connectivity index (χ1v) is 5.58. The highest BCUT2D eigenvalue weighted by molar-refractivity contribution is 5.00. The van der Waals surface area contributed by atoms with Crippen molar-refractivity contribution < 1.29 is 4.74 Å². The van der Waals surface area contributed by atoms with Gasteiger partial charge in [-0.2, -0.15) is 5.10 Å². The normalized spacial score (nSPS) is 18.0. The van der Waals surface area contributed by atoms with E-state index < -0.39 is 0 Å². The van der Waals surface area contributed by atoms with Gasteiger partial charge in [-0.3, -0.25) is 5.10 Å². The molecule has 0 bridgehead atoms. The second-order valence-electron chi connectivity index (χ2n) is 3.89. The summed E-state index contributed by atoms with van der Waals surface area (Å²) in [6.45, 7) is 3.31. The quantitative estimate of drug-likeness (QED) is 0.728. The van der Waals surface area contributed by atoms with Gasteiger partial charge in [-0.25, -0.2) is 4.98 Å². The second-order valence-corrected chi connectivity index (χ2v) is 3.89. The third kappa shape index (κ3) is 2.54. The zero-order valence-corrected chi connectivity index (χ0v) is 9.07. The lowest BCUT2D eigenvalue weighted by Crippen LogP contribution is -2.09. The molecule has 1 fully saturated rings. The van der Waals surface area contributed by atoms with Crippen molar-refractivity contribution in [3.8, 4) is 0 Å². The predicted octanol–water partition coefficient (Wildman–Crippen LogP) is 0.793. The van der Waals surface area contributed by atoms with Crippen LogP contribution in [0.3, 0.4) is 0 Å². The number of aromatic nitrogens is 3. The summed E-state index contributed by atoms with van der Waals surface area (Å²) in [5, 5.41) is 7.11. The summed E-state index contributed by atoms with van der Waals surface area (Å²) in [5.74, 6) is 2.27. The van der Waals surface area contributed by atoms with Crippen LogP contribution in [-0.4, -0.2) is 28.3 Å². The van der Waals surface area contributed by atoms with Crippen LogP contribution >= 0.6 is 0 Å². The van der Waals surface area contributed by atoms with Crippen LogP contribution in [0.25, 0.3) is 0 Å². The van der Waals surface area contributed by atoms with Gasteiger partial charge in [-0.05, 0) is 32.2 Å². The summed E-state index contributed by atoms with van der Waals surface area (Å²) in [7, 11) is 0. The first-order chi connectivity index (χ1) is 7.35. The minimum atomic E-state index is 0.0813. The third-order valence-corrected chi connectivity index (χ3v) is 2.58. The molecular weight excluding hydrogens is 192 g/mol. The number of hydrogen-bond acceptors (Lipinski definition) is 4. The zero-order chi connectivity index (χ0) is 10.7. The number of nitrogens with two attached hydrogens (primary N) is 1. The molecule has 1 aliphatic rings. The molecule has 1 saturated carbocycles. The molecule has 1 heterocycles. The van der Waals surface area contributed by atoms with Crippen LogP contribution < -0.4 is 5.73 Å². The Hall–Kier alpha value is -0.940. The first kappa shape index (κ1) is 10.6. The Labute approximate surface area is 89.4 Å². The molecule has 84 valence electrons. The molecule has 0 amide bonds. The van der Waals surface area contributed by atoms with E-state index in [0.717, 1.165) is 18.1 Å². The minimum absolute atomic E-state index is 0.0813. The van der Waals surface area contributed by atoms with Crippen LogP contribution in [0.15, 0.2) is 0 Å². The second kappa shape index (κ2) is 4.72. The predicted molar refractivity (Wildman–Crippen MR) is 56.2 cm³/mol. The zero-order valence-electron chi connectivity index (χ0n) is 9.07. The lowest BCUT2D eigenvalue weighted by molar-refractivity contribution is 0.0402. The molecule has 3 N–H and O–H groups in total. The van der Waals surface area contributed by atoms with E-state index in [4.69, 9.17) is 10.5 Å². The molecule has 5 heteroatoms. The van der Waals surface area contributed by atoms with E-state index in [1.807, 2.05) is 6.92 Å². The van der Waals surface area contributed by atoms with Crippen LogP contribution in [0.1, 0.15) is 37.5 Å². The van der Waals surface area contributed by atoms with E-state index >= 15 is 0 Å². The third-order valence-electron chi connectivity index (χ3n) is 2.58. The van der Waals surface area contributed by atoms with Gasteiger partial charge < -0.3 is 10.5 Å². The standard InChI is InChI=1S/C10H18N4O/c1-2-15-9(7-3-4-7)10-12-8(5-6-11)13-14-10/h7,9H,2-6,11H2,1H3,(H,12,13,14). The molecule has 0 aliphatic heterocycles. The molecule has 0 spiro atoms. The molecule has 15 heavy (non-hydrogen) atoms. The van der Waals surface area contributed by atoms with Gasteiger partial charge in [0.2, 0.25) is 0 Å². The maximum Gasteiger partial charge on any atom is 0.179 e. The first-order valence-electron chi connectivity index (χ1n) is 5.58. The summed E-state index contributed by atoms with van der Waals surface area (Å²) in [6, 6.07) is 0. The number of ether oxygens (including phenoxy) is 1. The fourth-order valence-corrected chi connectivity index (χ4v) is 1.69. The molecule has 1 aromatic heterocycles. The number of H-pyrrole nitrogens is 1. The lowest BCUT2D eigenvalue weighted by atomic mass is 10.2.